The van der Waals surface area contributed by atoms with Crippen molar-refractivity contribution in [2.75, 3.05) is 32.9 Å². The van der Waals surface area contributed by atoms with Gasteiger partial charge in [-0.15, -0.1) is 6.58 Å². The Bertz CT molecular complexity index is 1450. The number of hydrogen-bond donors (Lipinski definition) is 4. The summed E-state index contributed by atoms with van der Waals surface area (Å²) >= 11 is 0. The van der Waals surface area contributed by atoms with Crippen LogP contribution in [0.2, 0.25) is 0 Å². The van der Waals surface area contributed by atoms with E-state index in [0.29, 0.717) is 13.0 Å². The predicted molar refractivity (Wildman–Crippen MR) is 196 cm³/mol. The highest BCUT2D eigenvalue weighted by atomic mass is 32.2. The second-order valence-electron chi connectivity index (χ2n) is 17.0. The van der Waals surface area contributed by atoms with Crippen molar-refractivity contribution < 1.29 is 32.4 Å². The molecule has 4 N–H and O–H groups in total. The van der Waals surface area contributed by atoms with Gasteiger partial charge >= 0.3 is 6.03 Å². The lowest BCUT2D eigenvalue weighted by atomic mass is 9.70. The molecule has 288 valence electrons. The first-order valence-corrected chi connectivity index (χ1v) is 20.6. The number of urea groups is 1. The van der Waals surface area contributed by atoms with Crippen LogP contribution in [0.1, 0.15) is 105 Å². The van der Waals surface area contributed by atoms with Crippen LogP contribution >= 0.6 is 0 Å². The molecule has 3 aliphatic carbocycles. The van der Waals surface area contributed by atoms with Crippen molar-refractivity contribution in [2.24, 2.45) is 28.1 Å². The Labute approximate surface area is 304 Å². The molecule has 5 amide bonds. The number of amides is 5. The maximum atomic E-state index is 15.0. The minimum Gasteiger partial charge on any atom is -0.346 e. The van der Waals surface area contributed by atoms with Crippen molar-refractivity contribution in [3.63, 3.8) is 0 Å². The molecule has 4 fully saturated rings. The summed E-state index contributed by atoms with van der Waals surface area (Å²) in [7, 11) is -2.04. The molecule has 1 unspecified atom stereocenters. The second kappa shape index (κ2) is 15.9. The van der Waals surface area contributed by atoms with Crippen molar-refractivity contribution in [3.05, 3.63) is 12.7 Å². The van der Waals surface area contributed by atoms with Crippen molar-refractivity contribution >= 4 is 39.6 Å². The molecule has 3 saturated carbocycles. The van der Waals surface area contributed by atoms with Crippen LogP contribution in [0, 0.1) is 28.1 Å². The number of nitrogens with one attached hydrogen (secondary N) is 4. The average Bonchev–Trinajstić information content (AvgIpc) is 3.62. The molecule has 51 heavy (non-hydrogen) atoms. The third kappa shape index (κ3) is 9.33. The van der Waals surface area contributed by atoms with Crippen LogP contribution in [0.4, 0.5) is 4.79 Å². The Kier molecular flexibility index (Phi) is 12.7. The first-order valence-electron chi connectivity index (χ1n) is 18.8. The van der Waals surface area contributed by atoms with Gasteiger partial charge in [0.2, 0.25) is 27.6 Å². The molecular formula is C37H62N6O7S. The fourth-order valence-electron chi connectivity index (χ4n) is 8.74. The summed E-state index contributed by atoms with van der Waals surface area (Å²) in [5.41, 5.74) is -0.969. The van der Waals surface area contributed by atoms with Gasteiger partial charge in [0, 0.05) is 32.7 Å². The minimum absolute atomic E-state index is 0.0503. The molecule has 4 rings (SSSR count). The topological polar surface area (TPSA) is 174 Å². The number of ketones is 1. The highest BCUT2D eigenvalue weighted by Gasteiger charge is 2.64. The number of sulfonamides is 1. The van der Waals surface area contributed by atoms with Crippen molar-refractivity contribution in [1.29, 1.82) is 0 Å². The number of rotatable bonds is 15. The van der Waals surface area contributed by atoms with Gasteiger partial charge in [-0.25, -0.2) is 17.5 Å². The first-order chi connectivity index (χ1) is 23.8. The van der Waals surface area contributed by atoms with Crippen LogP contribution < -0.4 is 21.3 Å². The van der Waals surface area contributed by atoms with Gasteiger partial charge in [0.25, 0.3) is 5.91 Å². The van der Waals surface area contributed by atoms with Crippen LogP contribution in [0.5, 0.6) is 0 Å². The quantitative estimate of drug-likeness (QED) is 0.148. The highest BCUT2D eigenvalue weighted by Crippen LogP contribution is 2.66. The van der Waals surface area contributed by atoms with E-state index in [4.69, 9.17) is 0 Å². The zero-order valence-electron chi connectivity index (χ0n) is 31.8. The summed E-state index contributed by atoms with van der Waals surface area (Å²) < 4.78 is 25.7. The molecule has 0 bridgehead atoms. The Morgan fingerprint density at radius 3 is 2.20 bits per heavy atom. The molecule has 14 heteroatoms. The van der Waals surface area contributed by atoms with Crippen LogP contribution in [0.3, 0.4) is 0 Å². The fraction of sp³-hybridized carbons (Fsp3) is 0.811. The Balaban J connectivity index is 1.63. The van der Waals surface area contributed by atoms with Gasteiger partial charge in [-0.3, -0.25) is 19.2 Å². The molecule has 1 saturated heterocycles. The van der Waals surface area contributed by atoms with Crippen LogP contribution in [-0.4, -0.2) is 104 Å². The number of carbonyl (C=O) groups is 5. The molecule has 4 aliphatic rings. The zero-order chi connectivity index (χ0) is 37.9. The zero-order valence-corrected chi connectivity index (χ0v) is 32.6. The molecule has 0 radical (unpaired) electrons. The monoisotopic (exact) mass is 734 g/mol. The standard InChI is InChI=1S/C37H62N6O7S/c1-9-14-26(29(44)32(46)38-21-10-2)39-31(45)28-24-15-18-37(19-20-37)25(24)22-43(28)33(47)30(36(6)16-12-11-13-17-36)41-34(48)40-27(35(3,4)5)23-42(7)51(8,49)50/h10,24-28,30H,2,9,11-23H2,1,3-8H3,(H,38,46)(H,39,45)(H2,40,41,48)/t24-,25-,26?,27+,28-,30+/m0/s1. The minimum atomic E-state index is -3.51. The van der Waals surface area contributed by atoms with E-state index in [1.54, 1.807) is 4.90 Å². The van der Waals surface area contributed by atoms with Gasteiger partial charge in [-0.1, -0.05) is 66.4 Å². The van der Waals surface area contributed by atoms with Gasteiger partial charge < -0.3 is 26.2 Å². The Morgan fingerprint density at radius 1 is 1.00 bits per heavy atom. The fourth-order valence-corrected chi connectivity index (χ4v) is 9.15. The van der Waals surface area contributed by atoms with Crippen LogP contribution in [0.15, 0.2) is 12.7 Å². The SMILES string of the molecule is C=CCNC(=O)C(=O)C(CCC)NC(=O)[C@@H]1[C@H]2CCC3(CC3)[C@H]2CN1C(=O)[C@@H](NC(=O)N[C@H](CN(C)S(C)(=O)=O)C(C)(C)C)C1(C)CCCCC1. The van der Waals surface area contributed by atoms with E-state index in [-0.39, 0.29) is 42.7 Å². The highest BCUT2D eigenvalue weighted by molar-refractivity contribution is 7.88. The predicted octanol–water partition coefficient (Wildman–Crippen LogP) is 3.10. The molecule has 0 aromatic heterocycles. The molecule has 0 aromatic rings. The van der Waals surface area contributed by atoms with Crippen molar-refractivity contribution in [1.82, 2.24) is 30.5 Å². The summed E-state index contributed by atoms with van der Waals surface area (Å²) in [6, 6.07) is -3.94. The normalized spacial score (nSPS) is 25.3. The lowest BCUT2D eigenvalue weighted by Crippen LogP contribution is -2.63. The molecule has 6 atom stereocenters. The molecule has 0 aromatic carbocycles. The van der Waals surface area contributed by atoms with Crippen LogP contribution in [0.25, 0.3) is 0 Å². The lowest BCUT2D eigenvalue weighted by molar-refractivity contribution is -0.145. The lowest BCUT2D eigenvalue weighted by Gasteiger charge is -2.43. The van der Waals surface area contributed by atoms with E-state index >= 15 is 4.79 Å². The van der Waals surface area contributed by atoms with E-state index in [1.807, 2.05) is 34.6 Å². The van der Waals surface area contributed by atoms with E-state index in [9.17, 15) is 27.6 Å². The van der Waals surface area contributed by atoms with Gasteiger partial charge in [-0.2, -0.15) is 0 Å². The van der Waals surface area contributed by atoms with E-state index in [1.165, 1.54) is 17.4 Å². The van der Waals surface area contributed by atoms with E-state index < -0.39 is 68.6 Å². The van der Waals surface area contributed by atoms with Crippen molar-refractivity contribution in [3.8, 4) is 0 Å². The number of likely N-dealkylation sites (tertiary alicyclic amines) is 1. The smallest absolute Gasteiger partial charge is 0.315 e. The molecule has 1 heterocycles. The van der Waals surface area contributed by atoms with Gasteiger partial charge in [0.05, 0.1) is 12.3 Å². The first kappa shape index (κ1) is 40.8. The maximum Gasteiger partial charge on any atom is 0.315 e. The van der Waals surface area contributed by atoms with E-state index in [0.717, 1.165) is 64.0 Å². The number of nitrogens with zero attached hydrogens (tertiary/aromatic N) is 2. The largest absolute Gasteiger partial charge is 0.346 e. The Hall–Kier alpha value is -3.00. The van der Waals surface area contributed by atoms with Crippen LogP contribution in [-0.2, 0) is 29.2 Å². The molecule has 1 spiro atoms. The number of likely N-dealkylation sites (N-methyl/N-ethyl adjacent to an activating group) is 1. The Morgan fingerprint density at radius 2 is 1.65 bits per heavy atom. The summed E-state index contributed by atoms with van der Waals surface area (Å²) in [5, 5.41) is 11.4. The number of Topliss-reactive ketones (excluding diaryl/α,β-unsaturated/α-hetero) is 1. The summed E-state index contributed by atoms with van der Waals surface area (Å²) in [4.78, 5) is 70.7. The van der Waals surface area contributed by atoms with Gasteiger partial charge in [-0.05, 0) is 73.0 Å². The third-order valence-electron chi connectivity index (χ3n) is 12.3. The van der Waals surface area contributed by atoms with Gasteiger partial charge in [0.15, 0.2) is 0 Å². The summed E-state index contributed by atoms with van der Waals surface area (Å²) in [6.07, 6.45) is 11.6. The number of hydrogen-bond acceptors (Lipinski definition) is 7. The number of carbonyl (C=O) groups excluding carboxylic acids is 5. The third-order valence-corrected chi connectivity index (χ3v) is 13.6. The molecular weight excluding hydrogens is 673 g/mol. The van der Waals surface area contributed by atoms with Crippen molar-refractivity contribution in [2.45, 2.75) is 129 Å². The molecule has 1 aliphatic heterocycles. The maximum absolute atomic E-state index is 15.0. The van der Waals surface area contributed by atoms with Gasteiger partial charge in [0.1, 0.15) is 12.1 Å². The van der Waals surface area contributed by atoms with E-state index in [2.05, 4.69) is 27.8 Å². The molecule has 13 nitrogen and oxygen atoms in total. The second-order valence-corrected chi connectivity index (χ2v) is 19.1. The summed E-state index contributed by atoms with van der Waals surface area (Å²) in [5.74, 6) is -2.23. The average molecular weight is 735 g/mol. The summed E-state index contributed by atoms with van der Waals surface area (Å²) in [6.45, 7) is 13.8. The number of fused-ring (bicyclic) bond motifs is 2.